The lowest BCUT2D eigenvalue weighted by atomic mass is 9.99. The first-order chi connectivity index (χ1) is 20.3. The number of aromatic nitrogens is 3. The maximum Gasteiger partial charge on any atom is 0.339 e. The van der Waals surface area contributed by atoms with E-state index >= 15 is 0 Å². The minimum atomic E-state index is -1.17. The summed E-state index contributed by atoms with van der Waals surface area (Å²) in [6.07, 6.45) is -1.17. The van der Waals surface area contributed by atoms with Crippen molar-refractivity contribution in [2.45, 2.75) is 20.0 Å². The van der Waals surface area contributed by atoms with E-state index in [0.717, 1.165) is 16.3 Å². The molecule has 4 aromatic carbocycles. The third-order valence-corrected chi connectivity index (χ3v) is 7.46. The van der Waals surface area contributed by atoms with E-state index in [1.807, 2.05) is 91.0 Å². The van der Waals surface area contributed by atoms with Crippen LogP contribution < -0.4 is 10.9 Å². The van der Waals surface area contributed by atoms with Gasteiger partial charge in [-0.05, 0) is 48.9 Å². The molecule has 0 spiro atoms. The number of nitrogens with one attached hydrogen (secondary N) is 1. The Morgan fingerprint density at radius 3 is 2.31 bits per heavy atom. The number of para-hydroxylation sites is 2. The maximum absolute atomic E-state index is 13.6. The van der Waals surface area contributed by atoms with Gasteiger partial charge in [-0.3, -0.25) is 14.3 Å². The lowest BCUT2D eigenvalue weighted by molar-refractivity contribution is -0.123. The van der Waals surface area contributed by atoms with E-state index in [1.165, 1.54) is 11.6 Å². The van der Waals surface area contributed by atoms with Crippen molar-refractivity contribution in [3.05, 3.63) is 125 Å². The monoisotopic (exact) mass is 556 g/mol. The lowest BCUT2D eigenvalue weighted by Gasteiger charge is -2.15. The summed E-state index contributed by atoms with van der Waals surface area (Å²) in [5.41, 5.74) is 3.41. The number of hydrogen-bond donors (Lipinski definition) is 1. The van der Waals surface area contributed by atoms with Gasteiger partial charge in [-0.1, -0.05) is 78.9 Å². The summed E-state index contributed by atoms with van der Waals surface area (Å²) in [6, 6.07) is 32.1. The van der Waals surface area contributed by atoms with Crippen LogP contribution in [0.2, 0.25) is 0 Å². The maximum atomic E-state index is 13.6. The molecule has 2 heterocycles. The number of esters is 1. The number of hydrogen-bond acceptors (Lipinski definition) is 5. The molecule has 1 amide bonds. The topological polar surface area (TPSA) is 95.2 Å². The molecule has 2 aromatic heterocycles. The van der Waals surface area contributed by atoms with Gasteiger partial charge in [0, 0.05) is 18.0 Å². The van der Waals surface area contributed by atoms with Gasteiger partial charge < -0.3 is 10.1 Å². The first kappa shape index (κ1) is 26.7. The smallest absolute Gasteiger partial charge is 0.339 e. The molecule has 0 aliphatic rings. The zero-order valence-electron chi connectivity index (χ0n) is 23.4. The van der Waals surface area contributed by atoms with E-state index in [9.17, 15) is 14.4 Å². The third-order valence-electron chi connectivity index (χ3n) is 7.46. The number of carbonyl (C=O) groups is 2. The molecule has 0 fully saturated rings. The molecule has 6 rings (SSSR count). The van der Waals surface area contributed by atoms with Crippen molar-refractivity contribution < 1.29 is 14.3 Å². The van der Waals surface area contributed by atoms with Gasteiger partial charge in [0.2, 0.25) is 0 Å². The number of pyridine rings is 1. The fourth-order valence-electron chi connectivity index (χ4n) is 5.15. The average Bonchev–Trinajstić information content (AvgIpc) is 3.23. The molecule has 8 nitrogen and oxygen atoms in total. The first-order valence-corrected chi connectivity index (χ1v) is 13.6. The van der Waals surface area contributed by atoms with Crippen LogP contribution in [-0.2, 0) is 16.6 Å². The Bertz CT molecular complexity index is 2040. The number of nitrogens with zero attached hydrogens (tertiary/aromatic N) is 3. The van der Waals surface area contributed by atoms with E-state index in [1.54, 1.807) is 30.8 Å². The Balaban J connectivity index is 1.30. The molecule has 0 bridgehead atoms. The number of amides is 1. The van der Waals surface area contributed by atoms with Gasteiger partial charge in [-0.15, -0.1) is 0 Å². The van der Waals surface area contributed by atoms with Gasteiger partial charge in [0.1, 0.15) is 5.69 Å². The third kappa shape index (κ3) is 4.73. The molecule has 208 valence electrons. The molecule has 0 saturated heterocycles. The van der Waals surface area contributed by atoms with Crippen molar-refractivity contribution in [3.63, 3.8) is 0 Å². The second kappa shape index (κ2) is 10.8. The zero-order valence-corrected chi connectivity index (χ0v) is 23.4. The Hall–Kier alpha value is -5.50. The van der Waals surface area contributed by atoms with Gasteiger partial charge in [0.25, 0.3) is 11.5 Å². The number of anilines is 1. The summed E-state index contributed by atoms with van der Waals surface area (Å²) in [6.45, 7) is 3.22. The van der Waals surface area contributed by atoms with Crippen molar-refractivity contribution in [2.75, 3.05) is 5.32 Å². The fraction of sp³-hybridized carbons (Fsp3) is 0.118. The number of fused-ring (bicyclic) bond motifs is 2. The van der Waals surface area contributed by atoms with Crippen LogP contribution in [0, 0.1) is 6.92 Å². The summed E-state index contributed by atoms with van der Waals surface area (Å²) in [5.74, 6) is -1.27. The number of rotatable bonds is 6. The normalized spacial score (nSPS) is 11.9. The number of benzene rings is 4. The van der Waals surface area contributed by atoms with Crippen LogP contribution in [0.25, 0.3) is 38.6 Å². The van der Waals surface area contributed by atoms with Crippen LogP contribution in [0.1, 0.15) is 23.0 Å². The fourth-order valence-corrected chi connectivity index (χ4v) is 5.15. The standard InChI is InChI=1S/C34H28N4O4/c1-21-31(33(40)38(37(21)3)24-14-5-4-6-15-24)36-32(39)22(2)42-34(41)28-20-30(35-29-19-10-9-17-27(28)29)26-18-11-13-23-12-7-8-16-25(23)26/h4-20,22H,1-3H3,(H,36,39)/t22-/m0/s1. The SMILES string of the molecule is Cc1c(NC(=O)[C@H](C)OC(=O)c2cc(-c3cccc4ccccc34)nc3ccccc23)c(=O)n(-c2ccccc2)n1C. The highest BCUT2D eigenvalue weighted by Gasteiger charge is 2.25. The van der Waals surface area contributed by atoms with Crippen LogP contribution in [-0.4, -0.2) is 32.3 Å². The molecule has 1 atom stereocenters. The van der Waals surface area contributed by atoms with E-state index in [2.05, 4.69) is 5.32 Å². The molecule has 0 radical (unpaired) electrons. The van der Waals surface area contributed by atoms with E-state index in [0.29, 0.717) is 33.5 Å². The zero-order chi connectivity index (χ0) is 29.4. The predicted molar refractivity (Wildman–Crippen MR) is 164 cm³/mol. The van der Waals surface area contributed by atoms with E-state index < -0.39 is 18.0 Å². The summed E-state index contributed by atoms with van der Waals surface area (Å²) in [7, 11) is 1.74. The van der Waals surface area contributed by atoms with Crippen molar-refractivity contribution in [3.8, 4) is 16.9 Å². The highest BCUT2D eigenvalue weighted by molar-refractivity contribution is 6.07. The average molecular weight is 557 g/mol. The summed E-state index contributed by atoms with van der Waals surface area (Å²) < 4.78 is 8.80. The van der Waals surface area contributed by atoms with Gasteiger partial charge in [-0.25, -0.2) is 14.5 Å². The minimum Gasteiger partial charge on any atom is -0.449 e. The van der Waals surface area contributed by atoms with Crippen molar-refractivity contribution in [2.24, 2.45) is 7.05 Å². The molecule has 8 heteroatoms. The highest BCUT2D eigenvalue weighted by atomic mass is 16.5. The Morgan fingerprint density at radius 1 is 0.857 bits per heavy atom. The van der Waals surface area contributed by atoms with Gasteiger partial charge in [-0.2, -0.15) is 0 Å². The van der Waals surface area contributed by atoms with Crippen molar-refractivity contribution in [1.82, 2.24) is 14.3 Å². The number of carbonyl (C=O) groups excluding carboxylic acids is 2. The molecule has 6 aromatic rings. The first-order valence-electron chi connectivity index (χ1n) is 13.6. The summed E-state index contributed by atoms with van der Waals surface area (Å²) in [4.78, 5) is 44.8. The van der Waals surface area contributed by atoms with Crippen molar-refractivity contribution >= 4 is 39.2 Å². The summed E-state index contributed by atoms with van der Waals surface area (Å²) in [5, 5.41) is 5.36. The predicted octanol–water partition coefficient (Wildman–Crippen LogP) is 6.04. The van der Waals surface area contributed by atoms with E-state index in [-0.39, 0.29) is 11.2 Å². The van der Waals surface area contributed by atoms with Crippen LogP contribution in [0.4, 0.5) is 5.69 Å². The minimum absolute atomic E-state index is 0.127. The van der Waals surface area contributed by atoms with Crippen LogP contribution >= 0.6 is 0 Å². The Morgan fingerprint density at radius 2 is 1.52 bits per heavy atom. The van der Waals surface area contributed by atoms with Crippen molar-refractivity contribution in [1.29, 1.82) is 0 Å². The van der Waals surface area contributed by atoms with Crippen LogP contribution in [0.15, 0.2) is 108 Å². The van der Waals surface area contributed by atoms with Crippen LogP contribution in [0.5, 0.6) is 0 Å². The Kier molecular flexibility index (Phi) is 6.88. The Labute approximate surface area is 241 Å². The highest BCUT2D eigenvalue weighted by Crippen LogP contribution is 2.31. The lowest BCUT2D eigenvalue weighted by Crippen LogP contribution is -2.32. The second-order valence-corrected chi connectivity index (χ2v) is 10.1. The molecule has 0 aliphatic heterocycles. The molecule has 42 heavy (non-hydrogen) atoms. The number of ether oxygens (including phenoxy) is 1. The summed E-state index contributed by atoms with van der Waals surface area (Å²) >= 11 is 0. The van der Waals surface area contributed by atoms with Gasteiger partial charge in [0.05, 0.1) is 28.2 Å². The van der Waals surface area contributed by atoms with Crippen LogP contribution in [0.3, 0.4) is 0 Å². The second-order valence-electron chi connectivity index (χ2n) is 10.1. The molecule has 0 aliphatic carbocycles. The van der Waals surface area contributed by atoms with Gasteiger partial charge in [0.15, 0.2) is 6.10 Å². The van der Waals surface area contributed by atoms with E-state index in [4.69, 9.17) is 9.72 Å². The van der Waals surface area contributed by atoms with Gasteiger partial charge >= 0.3 is 5.97 Å². The largest absolute Gasteiger partial charge is 0.449 e. The quantitative estimate of drug-likeness (QED) is 0.253. The molecule has 0 unspecified atom stereocenters. The molecular formula is C34H28N4O4. The molecule has 0 saturated carbocycles. The molecular weight excluding hydrogens is 528 g/mol. The molecule has 1 N–H and O–H groups in total.